The molecule has 3 rings (SSSR count). The number of fused-ring (bicyclic) bond motifs is 1. The number of nitrogens with zero attached hydrogens (tertiary/aromatic N) is 3. The summed E-state index contributed by atoms with van der Waals surface area (Å²) in [6.07, 6.45) is 5.45. The number of carbonyl (C=O) groups excluding carboxylic acids is 2. The van der Waals surface area contributed by atoms with Crippen molar-refractivity contribution in [1.82, 2.24) is 14.7 Å². The molecule has 0 radical (unpaired) electrons. The van der Waals surface area contributed by atoms with Crippen LogP contribution in [0.25, 0.3) is 6.20 Å². The van der Waals surface area contributed by atoms with Crippen LogP contribution in [-0.2, 0) is 0 Å². The van der Waals surface area contributed by atoms with Gasteiger partial charge in [0.05, 0.1) is 16.8 Å². The van der Waals surface area contributed by atoms with Gasteiger partial charge in [-0.2, -0.15) is 5.10 Å². The Labute approximate surface area is 135 Å². The summed E-state index contributed by atoms with van der Waals surface area (Å²) in [6.45, 7) is 4.40. The third-order valence-electron chi connectivity index (χ3n) is 3.92. The molecule has 0 aliphatic carbocycles. The third kappa shape index (κ3) is 2.95. The average molecular weight is 309 g/mol. The lowest BCUT2D eigenvalue weighted by atomic mass is 10.1. The molecule has 0 unspecified atom stereocenters. The van der Waals surface area contributed by atoms with Gasteiger partial charge in [0.15, 0.2) is 0 Å². The molecule has 1 aliphatic heterocycles. The van der Waals surface area contributed by atoms with Crippen molar-refractivity contribution in [2.24, 2.45) is 0 Å². The zero-order valence-electron chi connectivity index (χ0n) is 13.3. The van der Waals surface area contributed by atoms with Gasteiger partial charge in [-0.1, -0.05) is 18.2 Å². The second-order valence-electron chi connectivity index (χ2n) is 5.71. The fourth-order valence-corrected chi connectivity index (χ4v) is 2.78. The van der Waals surface area contributed by atoms with Gasteiger partial charge in [0, 0.05) is 18.4 Å². The molecule has 2 aromatic rings. The summed E-state index contributed by atoms with van der Waals surface area (Å²) >= 11 is 0. The molecule has 0 N–H and O–H groups in total. The minimum atomic E-state index is -0.187. The van der Waals surface area contributed by atoms with E-state index in [1.54, 1.807) is 24.3 Å². The number of imide groups is 1. The number of unbranched alkanes of at least 4 members (excludes halogenated alkanes) is 1. The fraction of sp³-hybridized carbons (Fsp3) is 0.278. The molecule has 0 bridgehead atoms. The molecule has 0 atom stereocenters. The number of amides is 2. The van der Waals surface area contributed by atoms with E-state index in [0.717, 1.165) is 24.2 Å². The molecule has 1 aromatic carbocycles. The summed E-state index contributed by atoms with van der Waals surface area (Å²) < 4.78 is 1.83. The summed E-state index contributed by atoms with van der Waals surface area (Å²) in [5, 5.41) is 4.35. The number of rotatable bonds is 5. The van der Waals surface area contributed by atoms with Gasteiger partial charge < -0.3 is 0 Å². The summed E-state index contributed by atoms with van der Waals surface area (Å²) in [7, 11) is 0. The van der Waals surface area contributed by atoms with Crippen molar-refractivity contribution in [1.29, 1.82) is 0 Å². The van der Waals surface area contributed by atoms with Gasteiger partial charge in [0.25, 0.3) is 11.8 Å². The standard InChI is InChI=1S/C18H19N3O2/c1-13-12-14(2)21(19-13)11-7-3-6-10-20-17(22)15-8-4-5-9-16(15)18(20)23/h4-5,7-9,11-12H,3,6,10H2,1-2H3/b11-7+. The molecule has 2 heterocycles. The van der Waals surface area contributed by atoms with Gasteiger partial charge in [0.1, 0.15) is 0 Å². The lowest BCUT2D eigenvalue weighted by Gasteiger charge is -2.12. The first-order valence-corrected chi connectivity index (χ1v) is 7.72. The van der Waals surface area contributed by atoms with Crippen LogP contribution in [0.2, 0.25) is 0 Å². The quantitative estimate of drug-likeness (QED) is 0.630. The highest BCUT2D eigenvalue weighted by Gasteiger charge is 2.34. The number of aryl methyl sites for hydroxylation is 2. The Morgan fingerprint density at radius 1 is 1.09 bits per heavy atom. The van der Waals surface area contributed by atoms with Crippen LogP contribution in [0.1, 0.15) is 44.9 Å². The number of aromatic nitrogens is 2. The highest BCUT2D eigenvalue weighted by atomic mass is 16.2. The van der Waals surface area contributed by atoms with Crippen LogP contribution in [0.5, 0.6) is 0 Å². The number of hydrogen-bond donors (Lipinski definition) is 0. The Hall–Kier alpha value is -2.69. The minimum absolute atomic E-state index is 0.187. The van der Waals surface area contributed by atoms with Crippen molar-refractivity contribution >= 4 is 18.0 Å². The zero-order valence-corrected chi connectivity index (χ0v) is 13.3. The maximum atomic E-state index is 12.2. The van der Waals surface area contributed by atoms with E-state index in [1.807, 2.05) is 36.9 Å². The molecular formula is C18H19N3O2. The first kappa shape index (κ1) is 15.2. The van der Waals surface area contributed by atoms with Crippen LogP contribution in [0.15, 0.2) is 36.4 Å². The van der Waals surface area contributed by atoms with Gasteiger partial charge >= 0.3 is 0 Å². The van der Waals surface area contributed by atoms with Crippen molar-refractivity contribution in [3.63, 3.8) is 0 Å². The van der Waals surface area contributed by atoms with E-state index in [4.69, 9.17) is 0 Å². The Morgan fingerprint density at radius 2 is 1.74 bits per heavy atom. The van der Waals surface area contributed by atoms with Gasteiger partial charge in [-0.05, 0) is 44.9 Å². The summed E-state index contributed by atoms with van der Waals surface area (Å²) in [5.74, 6) is -0.374. The molecule has 0 saturated carbocycles. The first-order chi connectivity index (χ1) is 11.1. The molecule has 5 heteroatoms. The van der Waals surface area contributed by atoms with Crippen molar-refractivity contribution in [3.05, 3.63) is 58.9 Å². The Kier molecular flexibility index (Phi) is 4.10. The van der Waals surface area contributed by atoms with Crippen molar-refractivity contribution < 1.29 is 9.59 Å². The largest absolute Gasteiger partial charge is 0.274 e. The summed E-state index contributed by atoms with van der Waals surface area (Å²) in [6, 6.07) is 9.00. The van der Waals surface area contributed by atoms with E-state index in [2.05, 4.69) is 5.10 Å². The third-order valence-corrected chi connectivity index (χ3v) is 3.92. The summed E-state index contributed by atoms with van der Waals surface area (Å²) in [4.78, 5) is 25.8. The van der Waals surface area contributed by atoms with Crippen LogP contribution in [-0.4, -0.2) is 33.0 Å². The van der Waals surface area contributed by atoms with Gasteiger partial charge in [0.2, 0.25) is 0 Å². The van der Waals surface area contributed by atoms with Crippen LogP contribution in [0.4, 0.5) is 0 Å². The molecule has 1 aromatic heterocycles. The summed E-state index contributed by atoms with van der Waals surface area (Å²) in [5.41, 5.74) is 3.09. The van der Waals surface area contributed by atoms with E-state index in [9.17, 15) is 9.59 Å². The monoisotopic (exact) mass is 309 g/mol. The van der Waals surface area contributed by atoms with Crippen molar-refractivity contribution in [2.45, 2.75) is 26.7 Å². The van der Waals surface area contributed by atoms with Crippen molar-refractivity contribution in [3.8, 4) is 0 Å². The van der Waals surface area contributed by atoms with Gasteiger partial charge in [-0.3, -0.25) is 14.5 Å². The predicted octanol–water partition coefficient (Wildman–Crippen LogP) is 3.05. The highest BCUT2D eigenvalue weighted by Crippen LogP contribution is 2.22. The van der Waals surface area contributed by atoms with Crippen LogP contribution in [0, 0.1) is 13.8 Å². The zero-order chi connectivity index (χ0) is 16.4. The van der Waals surface area contributed by atoms with Crippen LogP contribution in [0.3, 0.4) is 0 Å². The fourth-order valence-electron chi connectivity index (χ4n) is 2.78. The minimum Gasteiger partial charge on any atom is -0.274 e. The van der Waals surface area contributed by atoms with Gasteiger partial charge in [-0.25, -0.2) is 4.68 Å². The molecule has 0 saturated heterocycles. The lowest BCUT2D eigenvalue weighted by Crippen LogP contribution is -2.30. The topological polar surface area (TPSA) is 55.2 Å². The smallest absolute Gasteiger partial charge is 0.261 e. The normalized spacial score (nSPS) is 14.1. The SMILES string of the molecule is Cc1cc(C)n(/C=C/CCCN2C(=O)c3ccccc3C2=O)n1. The number of allylic oxidation sites excluding steroid dienone is 1. The second-order valence-corrected chi connectivity index (χ2v) is 5.71. The Morgan fingerprint density at radius 3 is 2.30 bits per heavy atom. The average Bonchev–Trinajstić information content (AvgIpc) is 2.98. The van der Waals surface area contributed by atoms with E-state index in [-0.39, 0.29) is 11.8 Å². The molecule has 23 heavy (non-hydrogen) atoms. The number of benzene rings is 1. The van der Waals surface area contributed by atoms with E-state index >= 15 is 0 Å². The first-order valence-electron chi connectivity index (χ1n) is 7.72. The Balaban J connectivity index is 1.55. The van der Waals surface area contributed by atoms with E-state index < -0.39 is 0 Å². The number of hydrogen-bond acceptors (Lipinski definition) is 3. The molecule has 0 fully saturated rings. The maximum Gasteiger partial charge on any atom is 0.261 e. The van der Waals surface area contributed by atoms with E-state index in [1.165, 1.54) is 4.90 Å². The lowest BCUT2D eigenvalue weighted by molar-refractivity contribution is 0.0653. The van der Waals surface area contributed by atoms with Gasteiger partial charge in [-0.15, -0.1) is 0 Å². The molecular weight excluding hydrogens is 290 g/mol. The molecule has 0 spiro atoms. The molecule has 2 amide bonds. The number of carbonyl (C=O) groups is 2. The predicted molar refractivity (Wildman–Crippen MR) is 88.1 cm³/mol. The van der Waals surface area contributed by atoms with Crippen LogP contribution < -0.4 is 0 Å². The molecule has 118 valence electrons. The second kappa shape index (κ2) is 6.20. The van der Waals surface area contributed by atoms with E-state index in [0.29, 0.717) is 17.7 Å². The maximum absolute atomic E-state index is 12.2. The highest BCUT2D eigenvalue weighted by molar-refractivity contribution is 6.21. The molecule has 1 aliphatic rings. The Bertz CT molecular complexity index is 754. The molecule has 5 nitrogen and oxygen atoms in total. The van der Waals surface area contributed by atoms with Crippen LogP contribution >= 0.6 is 0 Å². The van der Waals surface area contributed by atoms with Crippen molar-refractivity contribution in [2.75, 3.05) is 6.54 Å².